The Hall–Kier alpha value is -1.79. The van der Waals surface area contributed by atoms with Crippen LogP contribution in [0.4, 0.5) is 4.79 Å². The number of amides is 1. The Morgan fingerprint density at radius 1 is 1.50 bits per heavy atom. The molecular weight excluding hydrogens is 238 g/mol. The Bertz CT molecular complexity index is 448. The van der Waals surface area contributed by atoms with E-state index in [-0.39, 0.29) is 6.79 Å². The highest BCUT2D eigenvalue weighted by molar-refractivity contribution is 5.64. The van der Waals surface area contributed by atoms with Crippen LogP contribution >= 0.6 is 0 Å². The summed E-state index contributed by atoms with van der Waals surface area (Å²) in [5.41, 5.74) is 1.52. The Labute approximate surface area is 104 Å². The molecule has 18 heavy (non-hydrogen) atoms. The van der Waals surface area contributed by atoms with Crippen LogP contribution in [-0.2, 0) is 11.3 Å². The van der Waals surface area contributed by atoms with E-state index in [2.05, 4.69) is 5.32 Å². The normalized spacial score (nSPS) is 17.2. The Morgan fingerprint density at radius 2 is 2.28 bits per heavy atom. The molecule has 0 saturated carbocycles. The SMILES string of the molecule is C[C@H](NC(=O)O)[C@@H](O)c1ccc2c(c1)OCOC2. The summed E-state index contributed by atoms with van der Waals surface area (Å²) >= 11 is 0. The lowest BCUT2D eigenvalue weighted by Crippen LogP contribution is -2.36. The van der Waals surface area contributed by atoms with E-state index in [0.29, 0.717) is 17.9 Å². The molecule has 98 valence electrons. The summed E-state index contributed by atoms with van der Waals surface area (Å²) in [6, 6.07) is 4.66. The van der Waals surface area contributed by atoms with Gasteiger partial charge in [0.25, 0.3) is 0 Å². The van der Waals surface area contributed by atoms with Gasteiger partial charge in [-0.15, -0.1) is 0 Å². The molecule has 0 radical (unpaired) electrons. The fraction of sp³-hybridized carbons (Fsp3) is 0.417. The molecule has 0 bridgehead atoms. The topological polar surface area (TPSA) is 88.0 Å². The maximum absolute atomic E-state index is 10.5. The second-order valence-corrected chi connectivity index (χ2v) is 4.16. The molecule has 6 nitrogen and oxygen atoms in total. The molecule has 0 aliphatic carbocycles. The number of rotatable bonds is 3. The zero-order valence-electron chi connectivity index (χ0n) is 9.92. The number of carbonyl (C=O) groups is 1. The van der Waals surface area contributed by atoms with Crippen molar-refractivity contribution < 1.29 is 24.5 Å². The first kappa shape index (κ1) is 12.7. The molecule has 2 atom stereocenters. The number of aliphatic hydroxyl groups excluding tert-OH is 1. The van der Waals surface area contributed by atoms with Crippen LogP contribution in [0.5, 0.6) is 5.75 Å². The standard InChI is InChI=1S/C12H15NO5/c1-7(13-12(15)16)11(14)8-2-3-9-5-17-6-18-10(9)4-8/h2-4,7,11,13-14H,5-6H2,1H3,(H,15,16)/t7-,11+/m0/s1. The van der Waals surface area contributed by atoms with Crippen LogP contribution in [-0.4, -0.2) is 29.1 Å². The number of benzene rings is 1. The lowest BCUT2D eigenvalue weighted by Gasteiger charge is -2.22. The fourth-order valence-corrected chi connectivity index (χ4v) is 1.83. The quantitative estimate of drug-likeness (QED) is 0.754. The van der Waals surface area contributed by atoms with Gasteiger partial charge in [0, 0.05) is 5.56 Å². The molecular formula is C12H15NO5. The van der Waals surface area contributed by atoms with Gasteiger partial charge in [-0.3, -0.25) is 0 Å². The van der Waals surface area contributed by atoms with Crippen molar-refractivity contribution in [3.8, 4) is 5.75 Å². The molecule has 1 heterocycles. The van der Waals surface area contributed by atoms with Gasteiger partial charge in [-0.2, -0.15) is 0 Å². The summed E-state index contributed by atoms with van der Waals surface area (Å²) in [5.74, 6) is 0.667. The molecule has 1 aliphatic heterocycles. The summed E-state index contributed by atoms with van der Waals surface area (Å²) in [4.78, 5) is 10.5. The molecule has 0 saturated heterocycles. The fourth-order valence-electron chi connectivity index (χ4n) is 1.83. The van der Waals surface area contributed by atoms with E-state index in [0.717, 1.165) is 5.56 Å². The Kier molecular flexibility index (Phi) is 3.69. The monoisotopic (exact) mass is 253 g/mol. The van der Waals surface area contributed by atoms with Crippen LogP contribution in [0.2, 0.25) is 0 Å². The highest BCUT2D eigenvalue weighted by Gasteiger charge is 2.20. The zero-order chi connectivity index (χ0) is 13.1. The number of hydrogen-bond donors (Lipinski definition) is 3. The van der Waals surface area contributed by atoms with E-state index >= 15 is 0 Å². The van der Waals surface area contributed by atoms with Crippen molar-refractivity contribution in [2.75, 3.05) is 6.79 Å². The highest BCUT2D eigenvalue weighted by Crippen LogP contribution is 2.28. The second-order valence-electron chi connectivity index (χ2n) is 4.16. The third-order valence-electron chi connectivity index (χ3n) is 2.81. The lowest BCUT2D eigenvalue weighted by molar-refractivity contribution is -0.0166. The summed E-state index contributed by atoms with van der Waals surface area (Å²) in [6.45, 7) is 2.27. The summed E-state index contributed by atoms with van der Waals surface area (Å²) in [7, 11) is 0. The predicted molar refractivity (Wildman–Crippen MR) is 62.3 cm³/mol. The van der Waals surface area contributed by atoms with Crippen LogP contribution in [0.25, 0.3) is 0 Å². The molecule has 2 rings (SSSR count). The predicted octanol–water partition coefficient (Wildman–Crippen LogP) is 1.24. The summed E-state index contributed by atoms with van der Waals surface area (Å²) < 4.78 is 10.4. The molecule has 0 spiro atoms. The highest BCUT2D eigenvalue weighted by atomic mass is 16.7. The van der Waals surface area contributed by atoms with Gasteiger partial charge in [-0.05, 0) is 18.6 Å². The third kappa shape index (κ3) is 2.72. The largest absolute Gasteiger partial charge is 0.467 e. The average Bonchev–Trinajstić information content (AvgIpc) is 2.36. The van der Waals surface area contributed by atoms with Crippen LogP contribution in [0, 0.1) is 0 Å². The molecule has 1 amide bonds. The zero-order valence-corrected chi connectivity index (χ0v) is 9.92. The van der Waals surface area contributed by atoms with E-state index in [1.807, 2.05) is 0 Å². The van der Waals surface area contributed by atoms with Gasteiger partial charge in [0.15, 0.2) is 6.79 Å². The first-order valence-electron chi connectivity index (χ1n) is 5.59. The molecule has 0 fully saturated rings. The van der Waals surface area contributed by atoms with Crippen LogP contribution in [0.3, 0.4) is 0 Å². The lowest BCUT2D eigenvalue weighted by atomic mass is 10.0. The van der Waals surface area contributed by atoms with Crippen molar-refractivity contribution in [2.24, 2.45) is 0 Å². The van der Waals surface area contributed by atoms with E-state index in [1.54, 1.807) is 25.1 Å². The van der Waals surface area contributed by atoms with Gasteiger partial charge in [0.05, 0.1) is 18.8 Å². The minimum Gasteiger partial charge on any atom is -0.467 e. The molecule has 1 aromatic carbocycles. The number of fused-ring (bicyclic) bond motifs is 1. The van der Waals surface area contributed by atoms with Gasteiger partial charge >= 0.3 is 6.09 Å². The van der Waals surface area contributed by atoms with Gasteiger partial charge in [-0.1, -0.05) is 12.1 Å². The molecule has 1 aliphatic rings. The van der Waals surface area contributed by atoms with Crippen molar-refractivity contribution in [1.29, 1.82) is 0 Å². The summed E-state index contributed by atoms with van der Waals surface area (Å²) in [5, 5.41) is 20.9. The van der Waals surface area contributed by atoms with E-state index < -0.39 is 18.2 Å². The number of nitrogens with one attached hydrogen (secondary N) is 1. The maximum Gasteiger partial charge on any atom is 0.404 e. The van der Waals surface area contributed by atoms with Gasteiger partial charge < -0.3 is 25.0 Å². The molecule has 6 heteroatoms. The Morgan fingerprint density at radius 3 is 3.00 bits per heavy atom. The van der Waals surface area contributed by atoms with Crippen LogP contribution < -0.4 is 10.1 Å². The first-order valence-corrected chi connectivity index (χ1v) is 5.59. The number of ether oxygens (including phenoxy) is 2. The van der Waals surface area contributed by atoms with Crippen molar-refractivity contribution >= 4 is 6.09 Å². The number of carboxylic acid groups (broad SMARTS) is 1. The van der Waals surface area contributed by atoms with Crippen molar-refractivity contribution in [3.05, 3.63) is 29.3 Å². The Balaban J connectivity index is 2.15. The molecule has 1 aromatic rings. The third-order valence-corrected chi connectivity index (χ3v) is 2.81. The van der Waals surface area contributed by atoms with Gasteiger partial charge in [0.2, 0.25) is 0 Å². The van der Waals surface area contributed by atoms with Crippen LogP contribution in [0.1, 0.15) is 24.2 Å². The van der Waals surface area contributed by atoms with E-state index in [4.69, 9.17) is 14.6 Å². The molecule has 0 aromatic heterocycles. The van der Waals surface area contributed by atoms with Crippen molar-refractivity contribution in [2.45, 2.75) is 25.7 Å². The number of hydrogen-bond acceptors (Lipinski definition) is 4. The van der Waals surface area contributed by atoms with Crippen LogP contribution in [0.15, 0.2) is 18.2 Å². The molecule has 0 unspecified atom stereocenters. The van der Waals surface area contributed by atoms with Gasteiger partial charge in [-0.25, -0.2) is 4.79 Å². The van der Waals surface area contributed by atoms with E-state index in [1.165, 1.54) is 0 Å². The van der Waals surface area contributed by atoms with Crippen molar-refractivity contribution in [3.63, 3.8) is 0 Å². The second kappa shape index (κ2) is 5.24. The average molecular weight is 253 g/mol. The van der Waals surface area contributed by atoms with Crippen molar-refractivity contribution in [1.82, 2.24) is 5.32 Å². The maximum atomic E-state index is 10.5. The molecule has 3 N–H and O–H groups in total. The number of aliphatic hydroxyl groups is 1. The minimum absolute atomic E-state index is 0.190. The van der Waals surface area contributed by atoms with Gasteiger partial charge in [0.1, 0.15) is 5.75 Å². The minimum atomic E-state index is -1.16. The first-order chi connectivity index (χ1) is 8.58. The summed E-state index contributed by atoms with van der Waals surface area (Å²) in [6.07, 6.45) is -2.08. The van der Waals surface area contributed by atoms with E-state index in [9.17, 15) is 9.90 Å². The smallest absolute Gasteiger partial charge is 0.404 e.